The highest BCUT2D eigenvalue weighted by atomic mass is 32.2. The lowest BCUT2D eigenvalue weighted by molar-refractivity contribution is 0.165. The van der Waals surface area contributed by atoms with Crippen LogP contribution in [0.3, 0.4) is 0 Å². The summed E-state index contributed by atoms with van der Waals surface area (Å²) in [6.45, 7) is 3.39. The molecule has 1 aliphatic rings. The van der Waals surface area contributed by atoms with E-state index in [1.165, 1.54) is 0 Å². The Morgan fingerprint density at radius 2 is 2.44 bits per heavy atom. The smallest absolute Gasteiger partial charge is 0.0962 e. The molecule has 1 aromatic heterocycles. The Hall–Kier alpha value is -0.580. The normalized spacial score (nSPS) is 27.6. The summed E-state index contributed by atoms with van der Waals surface area (Å²) in [5.41, 5.74) is -0.0531. The zero-order chi connectivity index (χ0) is 12.8. The zero-order valence-electron chi connectivity index (χ0n) is 10.9. The molecule has 1 heterocycles. The fourth-order valence-electron chi connectivity index (χ4n) is 2.52. The van der Waals surface area contributed by atoms with Gasteiger partial charge in [0.1, 0.15) is 0 Å². The second-order valence-corrected chi connectivity index (χ2v) is 6.34. The average Bonchev–Trinajstić information content (AvgIpc) is 2.82. The van der Waals surface area contributed by atoms with E-state index in [-0.39, 0.29) is 12.1 Å². The summed E-state index contributed by atoms with van der Waals surface area (Å²) in [5, 5.41) is 14.8. The van der Waals surface area contributed by atoms with Crippen molar-refractivity contribution < 1.29 is 5.11 Å². The standard InChI is InChI=1S/C14H22N2OS/c1-2-8-16-14(11-17)7-6-12(10-14)18-13-5-3-4-9-15-13/h3-5,9,12,16-17H,2,6-8,10-11H2,1H3. The first-order valence-electron chi connectivity index (χ1n) is 6.71. The van der Waals surface area contributed by atoms with E-state index < -0.39 is 0 Å². The number of pyridine rings is 1. The van der Waals surface area contributed by atoms with E-state index in [4.69, 9.17) is 0 Å². The van der Waals surface area contributed by atoms with Gasteiger partial charge in [0.2, 0.25) is 0 Å². The highest BCUT2D eigenvalue weighted by Crippen LogP contribution is 2.39. The van der Waals surface area contributed by atoms with Gasteiger partial charge in [-0.2, -0.15) is 0 Å². The van der Waals surface area contributed by atoms with Crippen LogP contribution >= 0.6 is 11.8 Å². The number of nitrogens with zero attached hydrogens (tertiary/aromatic N) is 1. The van der Waals surface area contributed by atoms with Gasteiger partial charge in [-0.1, -0.05) is 13.0 Å². The molecule has 4 heteroatoms. The van der Waals surface area contributed by atoms with E-state index in [1.54, 1.807) is 0 Å². The highest BCUT2D eigenvalue weighted by Gasteiger charge is 2.38. The fraction of sp³-hybridized carbons (Fsp3) is 0.643. The summed E-state index contributed by atoms with van der Waals surface area (Å²) in [6, 6.07) is 6.03. The molecule has 0 bridgehead atoms. The average molecular weight is 266 g/mol. The summed E-state index contributed by atoms with van der Waals surface area (Å²) < 4.78 is 0. The molecular formula is C14H22N2OS. The van der Waals surface area contributed by atoms with E-state index in [0.717, 1.165) is 37.3 Å². The molecule has 18 heavy (non-hydrogen) atoms. The third kappa shape index (κ3) is 3.46. The number of hydrogen-bond acceptors (Lipinski definition) is 4. The molecule has 0 aliphatic heterocycles. The van der Waals surface area contributed by atoms with Crippen LogP contribution in [0.2, 0.25) is 0 Å². The van der Waals surface area contributed by atoms with Crippen molar-refractivity contribution in [2.24, 2.45) is 0 Å². The molecular weight excluding hydrogens is 244 g/mol. The fourth-order valence-corrected chi connectivity index (χ4v) is 3.77. The molecule has 0 aromatic carbocycles. The summed E-state index contributed by atoms with van der Waals surface area (Å²) >= 11 is 1.84. The minimum atomic E-state index is -0.0531. The van der Waals surface area contributed by atoms with Crippen LogP contribution in [-0.2, 0) is 0 Å². The maximum atomic E-state index is 9.64. The monoisotopic (exact) mass is 266 g/mol. The largest absolute Gasteiger partial charge is 0.394 e. The zero-order valence-corrected chi connectivity index (χ0v) is 11.7. The van der Waals surface area contributed by atoms with Gasteiger partial charge in [0.25, 0.3) is 0 Å². The maximum Gasteiger partial charge on any atom is 0.0962 e. The van der Waals surface area contributed by atoms with Gasteiger partial charge in [-0.15, -0.1) is 11.8 Å². The quantitative estimate of drug-likeness (QED) is 0.830. The molecule has 0 spiro atoms. The molecule has 1 aliphatic carbocycles. The summed E-state index contributed by atoms with van der Waals surface area (Å²) in [7, 11) is 0. The van der Waals surface area contributed by atoms with Crippen LogP contribution in [-0.4, -0.2) is 34.0 Å². The number of hydrogen-bond donors (Lipinski definition) is 2. The van der Waals surface area contributed by atoms with Crippen molar-refractivity contribution in [3.8, 4) is 0 Å². The molecule has 1 aromatic rings. The van der Waals surface area contributed by atoms with Crippen LogP contribution in [0.4, 0.5) is 0 Å². The molecule has 0 saturated heterocycles. The number of nitrogens with one attached hydrogen (secondary N) is 1. The lowest BCUT2D eigenvalue weighted by Gasteiger charge is -2.28. The molecule has 0 radical (unpaired) electrons. The van der Waals surface area contributed by atoms with Gasteiger partial charge in [-0.25, -0.2) is 4.98 Å². The predicted molar refractivity (Wildman–Crippen MR) is 75.8 cm³/mol. The van der Waals surface area contributed by atoms with Gasteiger partial charge in [0, 0.05) is 17.0 Å². The molecule has 2 rings (SSSR count). The maximum absolute atomic E-state index is 9.64. The van der Waals surface area contributed by atoms with Crippen LogP contribution in [0.15, 0.2) is 29.4 Å². The topological polar surface area (TPSA) is 45.1 Å². The van der Waals surface area contributed by atoms with E-state index in [2.05, 4.69) is 23.3 Å². The Morgan fingerprint density at radius 3 is 3.11 bits per heavy atom. The Bertz CT molecular complexity index is 360. The van der Waals surface area contributed by atoms with Crippen LogP contribution < -0.4 is 5.32 Å². The number of thioether (sulfide) groups is 1. The van der Waals surface area contributed by atoms with Gasteiger partial charge in [-0.05, 0) is 44.4 Å². The number of rotatable bonds is 6. The second-order valence-electron chi connectivity index (χ2n) is 5.02. The predicted octanol–water partition coefficient (Wildman–Crippen LogP) is 2.46. The van der Waals surface area contributed by atoms with Crippen LogP contribution in [0, 0.1) is 0 Å². The molecule has 0 amide bonds. The number of aromatic nitrogens is 1. The molecule has 3 nitrogen and oxygen atoms in total. The van der Waals surface area contributed by atoms with Gasteiger partial charge in [-0.3, -0.25) is 0 Å². The minimum Gasteiger partial charge on any atom is -0.394 e. The first-order chi connectivity index (χ1) is 8.78. The third-order valence-electron chi connectivity index (χ3n) is 3.54. The third-order valence-corrected chi connectivity index (χ3v) is 4.76. The van der Waals surface area contributed by atoms with Crippen molar-refractivity contribution >= 4 is 11.8 Å². The number of aliphatic hydroxyl groups is 1. The Balaban J connectivity index is 1.90. The SMILES string of the molecule is CCCNC1(CO)CCC(Sc2ccccn2)C1. The first kappa shape index (κ1) is 13.8. The Morgan fingerprint density at radius 1 is 1.56 bits per heavy atom. The molecule has 1 saturated carbocycles. The van der Waals surface area contributed by atoms with E-state index in [0.29, 0.717) is 5.25 Å². The minimum absolute atomic E-state index is 0.0531. The van der Waals surface area contributed by atoms with Crippen molar-refractivity contribution in [2.75, 3.05) is 13.2 Å². The van der Waals surface area contributed by atoms with Crippen LogP contribution in [0.25, 0.3) is 0 Å². The molecule has 2 unspecified atom stereocenters. The van der Waals surface area contributed by atoms with Crippen molar-refractivity contribution in [1.29, 1.82) is 0 Å². The van der Waals surface area contributed by atoms with Crippen molar-refractivity contribution in [1.82, 2.24) is 10.3 Å². The van der Waals surface area contributed by atoms with E-state index >= 15 is 0 Å². The Labute approximate surface area is 113 Å². The Kier molecular flexibility index (Phi) is 5.03. The lowest BCUT2D eigenvalue weighted by atomic mass is 9.99. The van der Waals surface area contributed by atoms with Gasteiger partial charge >= 0.3 is 0 Å². The van der Waals surface area contributed by atoms with Crippen LogP contribution in [0.5, 0.6) is 0 Å². The lowest BCUT2D eigenvalue weighted by Crippen LogP contribution is -2.46. The summed E-state index contributed by atoms with van der Waals surface area (Å²) in [5.74, 6) is 0. The van der Waals surface area contributed by atoms with Crippen molar-refractivity contribution in [2.45, 2.75) is 48.4 Å². The van der Waals surface area contributed by atoms with Crippen molar-refractivity contribution in [3.05, 3.63) is 24.4 Å². The van der Waals surface area contributed by atoms with Crippen LogP contribution in [0.1, 0.15) is 32.6 Å². The molecule has 100 valence electrons. The van der Waals surface area contributed by atoms with Gasteiger partial charge < -0.3 is 10.4 Å². The van der Waals surface area contributed by atoms with E-state index in [9.17, 15) is 5.11 Å². The molecule has 1 fully saturated rings. The van der Waals surface area contributed by atoms with Gasteiger partial charge in [0.15, 0.2) is 0 Å². The van der Waals surface area contributed by atoms with Gasteiger partial charge in [0.05, 0.1) is 11.6 Å². The molecule has 2 atom stereocenters. The summed E-state index contributed by atoms with van der Waals surface area (Å²) in [4.78, 5) is 4.36. The molecule has 2 N–H and O–H groups in total. The summed E-state index contributed by atoms with van der Waals surface area (Å²) in [6.07, 6.45) is 6.20. The second kappa shape index (κ2) is 6.55. The highest BCUT2D eigenvalue weighted by molar-refractivity contribution is 7.99. The van der Waals surface area contributed by atoms with E-state index in [1.807, 2.05) is 30.1 Å². The van der Waals surface area contributed by atoms with Crippen molar-refractivity contribution in [3.63, 3.8) is 0 Å². The first-order valence-corrected chi connectivity index (χ1v) is 7.59. The number of aliphatic hydroxyl groups excluding tert-OH is 1.